The third-order valence-electron chi connectivity index (χ3n) is 5.06. The molecule has 2 aliphatic rings. The van der Waals surface area contributed by atoms with Crippen LogP contribution in [0.25, 0.3) is 0 Å². The number of carbonyl (C=O) groups is 3. The zero-order valence-electron chi connectivity index (χ0n) is 17.6. The van der Waals surface area contributed by atoms with Gasteiger partial charge >= 0.3 is 12.1 Å². The molecule has 0 aromatic heterocycles. The summed E-state index contributed by atoms with van der Waals surface area (Å²) >= 11 is 0. The zero-order valence-corrected chi connectivity index (χ0v) is 17.6. The van der Waals surface area contributed by atoms with Crippen LogP contribution in [0.1, 0.15) is 53.4 Å². The van der Waals surface area contributed by atoms with Crippen molar-refractivity contribution in [1.82, 2.24) is 9.80 Å². The summed E-state index contributed by atoms with van der Waals surface area (Å²) in [6, 6.07) is 0. The minimum Gasteiger partial charge on any atom is -0.466 e. The summed E-state index contributed by atoms with van der Waals surface area (Å²) in [5.41, 5.74) is -0.490. The monoisotopic (exact) mass is 394 g/mol. The van der Waals surface area contributed by atoms with Crippen molar-refractivity contribution in [3.63, 3.8) is 0 Å². The van der Waals surface area contributed by atoms with Gasteiger partial charge in [-0.15, -0.1) is 0 Å². The fraction of sp³-hybridized carbons (Fsp3) is 0.762. The van der Waals surface area contributed by atoms with Crippen molar-refractivity contribution >= 4 is 18.0 Å². The lowest BCUT2D eigenvalue weighted by Crippen LogP contribution is -2.42. The van der Waals surface area contributed by atoms with Gasteiger partial charge in [0.25, 0.3) is 0 Å². The first-order chi connectivity index (χ1) is 13.2. The summed E-state index contributed by atoms with van der Waals surface area (Å²) in [7, 11) is 0. The van der Waals surface area contributed by atoms with Gasteiger partial charge < -0.3 is 19.3 Å². The fourth-order valence-electron chi connectivity index (χ4n) is 3.55. The van der Waals surface area contributed by atoms with Gasteiger partial charge in [-0.05, 0) is 65.4 Å². The van der Waals surface area contributed by atoms with Gasteiger partial charge in [-0.2, -0.15) is 0 Å². The Morgan fingerprint density at radius 2 is 1.71 bits per heavy atom. The first-order valence-electron chi connectivity index (χ1n) is 10.3. The molecule has 28 heavy (non-hydrogen) atoms. The fourth-order valence-corrected chi connectivity index (χ4v) is 3.55. The van der Waals surface area contributed by atoms with Crippen LogP contribution in [-0.2, 0) is 19.1 Å². The molecule has 0 spiro atoms. The van der Waals surface area contributed by atoms with Gasteiger partial charge in [0, 0.05) is 26.2 Å². The molecule has 158 valence electrons. The molecule has 2 rings (SSSR count). The number of hydrogen-bond donors (Lipinski definition) is 0. The molecule has 7 heteroatoms. The Morgan fingerprint density at radius 1 is 1.04 bits per heavy atom. The number of hydrogen-bond acceptors (Lipinski definition) is 5. The highest BCUT2D eigenvalue weighted by atomic mass is 16.6. The van der Waals surface area contributed by atoms with E-state index in [1.807, 2.05) is 26.8 Å². The molecule has 2 heterocycles. The van der Waals surface area contributed by atoms with E-state index in [2.05, 4.69) is 0 Å². The molecule has 0 unspecified atom stereocenters. The van der Waals surface area contributed by atoms with Crippen LogP contribution >= 0.6 is 0 Å². The second kappa shape index (κ2) is 9.94. The van der Waals surface area contributed by atoms with Crippen LogP contribution in [-0.4, -0.2) is 66.2 Å². The zero-order chi connectivity index (χ0) is 20.7. The molecule has 7 nitrogen and oxygen atoms in total. The molecule has 1 atom stereocenters. The van der Waals surface area contributed by atoms with Gasteiger partial charge in [0.2, 0.25) is 5.91 Å². The van der Waals surface area contributed by atoms with Gasteiger partial charge in [-0.25, -0.2) is 4.79 Å². The van der Waals surface area contributed by atoms with Crippen LogP contribution in [0.5, 0.6) is 0 Å². The summed E-state index contributed by atoms with van der Waals surface area (Å²) in [4.78, 5) is 40.0. The Labute approximate surface area is 168 Å². The molecule has 2 amide bonds. The maximum Gasteiger partial charge on any atom is 0.410 e. The number of likely N-dealkylation sites (tertiary alicyclic amines) is 2. The maximum atomic E-state index is 12.5. The Balaban J connectivity index is 1.79. The van der Waals surface area contributed by atoms with Crippen LogP contribution in [0.2, 0.25) is 0 Å². The van der Waals surface area contributed by atoms with Gasteiger partial charge in [0.1, 0.15) is 5.60 Å². The summed E-state index contributed by atoms with van der Waals surface area (Å²) < 4.78 is 10.5. The van der Waals surface area contributed by atoms with E-state index in [4.69, 9.17) is 9.47 Å². The van der Waals surface area contributed by atoms with E-state index in [0.717, 1.165) is 25.7 Å². The van der Waals surface area contributed by atoms with Crippen molar-refractivity contribution in [3.8, 4) is 0 Å². The summed E-state index contributed by atoms with van der Waals surface area (Å²) in [6.45, 7) is 10.1. The highest BCUT2D eigenvalue weighted by Crippen LogP contribution is 2.22. The Bertz CT molecular complexity index is 588. The topological polar surface area (TPSA) is 76.2 Å². The minimum absolute atomic E-state index is 0.0522. The maximum absolute atomic E-state index is 12.5. The third kappa shape index (κ3) is 6.84. The number of esters is 1. The average Bonchev–Trinajstić information content (AvgIpc) is 2.65. The van der Waals surface area contributed by atoms with E-state index in [1.165, 1.54) is 0 Å². The second-order valence-electron chi connectivity index (χ2n) is 8.54. The van der Waals surface area contributed by atoms with Crippen molar-refractivity contribution < 1.29 is 23.9 Å². The molecule has 2 saturated heterocycles. The first-order valence-corrected chi connectivity index (χ1v) is 10.3. The molecule has 0 saturated carbocycles. The Morgan fingerprint density at radius 3 is 2.32 bits per heavy atom. The van der Waals surface area contributed by atoms with E-state index in [0.29, 0.717) is 32.8 Å². The minimum atomic E-state index is -0.490. The van der Waals surface area contributed by atoms with Gasteiger partial charge in [-0.3, -0.25) is 9.59 Å². The van der Waals surface area contributed by atoms with Crippen LogP contribution in [0, 0.1) is 11.8 Å². The third-order valence-corrected chi connectivity index (χ3v) is 5.06. The van der Waals surface area contributed by atoms with Gasteiger partial charge in [0.15, 0.2) is 0 Å². The number of piperidine rings is 2. The molecule has 2 aliphatic heterocycles. The number of allylic oxidation sites excluding steroid dienone is 1. The Kier molecular flexibility index (Phi) is 7.89. The van der Waals surface area contributed by atoms with Gasteiger partial charge in [0.05, 0.1) is 12.5 Å². The summed E-state index contributed by atoms with van der Waals surface area (Å²) in [5.74, 6) is -0.210. The standard InChI is InChI=1S/C21H34N2O5/c1-5-27-19(25)17-7-6-12-23(15-17)18(24)9-8-16-10-13-22(14-11-16)20(26)28-21(2,3)4/h8-9,16-17H,5-7,10-15H2,1-4H3/t17-/m1/s1. The highest BCUT2D eigenvalue weighted by molar-refractivity contribution is 5.88. The van der Waals surface area contributed by atoms with E-state index < -0.39 is 5.60 Å². The van der Waals surface area contributed by atoms with Crippen molar-refractivity contribution in [3.05, 3.63) is 12.2 Å². The van der Waals surface area contributed by atoms with Crippen LogP contribution in [0.3, 0.4) is 0 Å². The van der Waals surface area contributed by atoms with Crippen LogP contribution in [0.4, 0.5) is 4.79 Å². The molecule has 2 fully saturated rings. The summed E-state index contributed by atoms with van der Waals surface area (Å²) in [5, 5.41) is 0. The lowest BCUT2D eigenvalue weighted by molar-refractivity contribution is -0.150. The predicted molar refractivity (Wildman–Crippen MR) is 106 cm³/mol. The van der Waals surface area contributed by atoms with Crippen molar-refractivity contribution in [2.24, 2.45) is 11.8 Å². The number of rotatable bonds is 4. The molecule has 0 aromatic rings. The molecule has 0 aromatic carbocycles. The Hall–Kier alpha value is -2.05. The number of carbonyl (C=O) groups excluding carboxylic acids is 3. The first kappa shape index (κ1) is 22.2. The lowest BCUT2D eigenvalue weighted by atomic mass is 9.96. The summed E-state index contributed by atoms with van der Waals surface area (Å²) in [6.07, 6.45) is 6.52. The molecule has 0 bridgehead atoms. The van der Waals surface area contributed by atoms with Gasteiger partial charge in [-0.1, -0.05) is 6.08 Å². The number of ether oxygens (including phenoxy) is 2. The quantitative estimate of drug-likeness (QED) is 0.541. The smallest absolute Gasteiger partial charge is 0.410 e. The van der Waals surface area contributed by atoms with E-state index in [-0.39, 0.29) is 29.8 Å². The molecule has 0 radical (unpaired) electrons. The molecule has 0 aliphatic carbocycles. The van der Waals surface area contributed by atoms with E-state index in [9.17, 15) is 14.4 Å². The number of amides is 2. The molecular weight excluding hydrogens is 360 g/mol. The number of nitrogens with zero attached hydrogens (tertiary/aromatic N) is 2. The van der Waals surface area contributed by atoms with Crippen molar-refractivity contribution in [2.75, 3.05) is 32.8 Å². The van der Waals surface area contributed by atoms with Crippen molar-refractivity contribution in [2.45, 2.75) is 59.0 Å². The normalized spacial score (nSPS) is 21.6. The van der Waals surface area contributed by atoms with Crippen LogP contribution < -0.4 is 0 Å². The molecular formula is C21H34N2O5. The van der Waals surface area contributed by atoms with E-state index in [1.54, 1.807) is 22.8 Å². The van der Waals surface area contributed by atoms with Crippen LogP contribution in [0.15, 0.2) is 12.2 Å². The molecule has 0 N–H and O–H groups in total. The average molecular weight is 395 g/mol. The SMILES string of the molecule is CCOC(=O)[C@@H]1CCCN(C(=O)C=CC2CCN(C(=O)OC(C)(C)C)CC2)C1. The van der Waals surface area contributed by atoms with E-state index >= 15 is 0 Å². The lowest BCUT2D eigenvalue weighted by Gasteiger charge is -2.33. The highest BCUT2D eigenvalue weighted by Gasteiger charge is 2.29. The largest absolute Gasteiger partial charge is 0.466 e. The van der Waals surface area contributed by atoms with Crippen molar-refractivity contribution in [1.29, 1.82) is 0 Å². The second-order valence-corrected chi connectivity index (χ2v) is 8.54. The predicted octanol–water partition coefficient (Wildman–Crippen LogP) is 2.99.